The lowest BCUT2D eigenvalue weighted by Gasteiger charge is -2.19. The molecule has 0 bridgehead atoms. The number of hydrogen-bond donors (Lipinski definition) is 1. The van der Waals surface area contributed by atoms with Gasteiger partial charge in [0.2, 0.25) is 6.10 Å². The third-order valence-corrected chi connectivity index (χ3v) is 8.83. The van der Waals surface area contributed by atoms with E-state index in [4.69, 9.17) is 14.2 Å². The number of carbonyl (C=O) groups excluding carboxylic acids is 3. The van der Waals surface area contributed by atoms with Crippen LogP contribution in [0.5, 0.6) is 0 Å². The first-order valence-corrected chi connectivity index (χ1v) is 14.9. The SMILES string of the molecule is Cc1c2ccccc2c(COC(=O)C2CC(=O)OC2C(=O)OCc2c3ccccc3c(C(=O)O)c3ccccc23)c2ccccc12. The summed E-state index contributed by atoms with van der Waals surface area (Å²) in [6, 6.07) is 29.8. The minimum absolute atomic E-state index is 0.0551. The van der Waals surface area contributed by atoms with E-state index < -0.39 is 35.9 Å². The maximum atomic E-state index is 13.4. The van der Waals surface area contributed by atoms with Crippen LogP contribution in [0, 0.1) is 12.8 Å². The number of benzene rings is 6. The van der Waals surface area contributed by atoms with Crippen molar-refractivity contribution in [1.29, 1.82) is 0 Å². The fourth-order valence-corrected chi connectivity index (χ4v) is 6.65. The molecule has 6 aromatic carbocycles. The fourth-order valence-electron chi connectivity index (χ4n) is 6.65. The normalized spacial score (nSPS) is 16.2. The predicted octanol–water partition coefficient (Wildman–Crippen LogP) is 7.02. The Kier molecular flexibility index (Phi) is 7.33. The molecule has 1 N–H and O–H groups in total. The number of aromatic carboxylic acids is 1. The minimum atomic E-state index is -1.47. The van der Waals surface area contributed by atoms with E-state index in [1.54, 1.807) is 48.5 Å². The Hall–Kier alpha value is -5.76. The molecule has 0 aliphatic carbocycles. The molecule has 0 spiro atoms. The molecule has 1 aliphatic rings. The van der Waals surface area contributed by atoms with Crippen LogP contribution in [0.25, 0.3) is 43.1 Å². The highest BCUT2D eigenvalue weighted by Gasteiger charge is 2.46. The van der Waals surface area contributed by atoms with Gasteiger partial charge in [-0.15, -0.1) is 0 Å². The summed E-state index contributed by atoms with van der Waals surface area (Å²) in [7, 11) is 0. The number of cyclic esters (lactones) is 1. The number of esters is 3. The molecular weight excluding hydrogens is 584 g/mol. The Morgan fingerprint density at radius 1 is 0.652 bits per heavy atom. The number of ether oxygens (including phenoxy) is 3. The standard InChI is InChI=1S/C38H28O8/c1-21-22-10-2-4-12-24(22)31(25-13-5-3-11-23(21)25)19-44-37(42)30-18-33(39)46-35(30)38(43)45-20-32-26-14-6-8-16-28(26)34(36(40)41)29-17-9-7-15-27(29)32/h2-17,30,35H,18-20H2,1H3,(H,40,41). The van der Waals surface area contributed by atoms with Gasteiger partial charge in [0.05, 0.1) is 12.0 Å². The summed E-state index contributed by atoms with van der Waals surface area (Å²) in [6.45, 7) is 1.78. The number of carbonyl (C=O) groups is 4. The average Bonchev–Trinajstić information content (AvgIpc) is 3.48. The predicted molar refractivity (Wildman–Crippen MR) is 172 cm³/mol. The molecule has 1 fully saturated rings. The summed E-state index contributed by atoms with van der Waals surface area (Å²) in [5, 5.41) is 16.2. The summed E-state index contributed by atoms with van der Waals surface area (Å²) < 4.78 is 16.7. The molecule has 0 amide bonds. The van der Waals surface area contributed by atoms with E-state index in [9.17, 15) is 24.3 Å². The van der Waals surface area contributed by atoms with Crippen LogP contribution in [-0.2, 0) is 41.8 Å². The van der Waals surface area contributed by atoms with Gasteiger partial charge in [-0.05, 0) is 55.6 Å². The van der Waals surface area contributed by atoms with E-state index >= 15 is 0 Å². The smallest absolute Gasteiger partial charge is 0.348 e. The number of aryl methyl sites for hydroxylation is 1. The van der Waals surface area contributed by atoms with Crippen molar-refractivity contribution in [3.63, 3.8) is 0 Å². The van der Waals surface area contributed by atoms with Crippen molar-refractivity contribution in [3.8, 4) is 0 Å². The summed E-state index contributed by atoms with van der Waals surface area (Å²) >= 11 is 0. The van der Waals surface area contributed by atoms with E-state index in [2.05, 4.69) is 6.92 Å². The highest BCUT2D eigenvalue weighted by Crippen LogP contribution is 2.36. The Morgan fingerprint density at radius 2 is 1.04 bits per heavy atom. The summed E-state index contributed by atoms with van der Waals surface area (Å²) in [5.74, 6) is -4.55. The Balaban J connectivity index is 1.14. The lowest BCUT2D eigenvalue weighted by atomic mass is 9.92. The van der Waals surface area contributed by atoms with Crippen LogP contribution in [0.3, 0.4) is 0 Å². The lowest BCUT2D eigenvalue weighted by Crippen LogP contribution is -2.34. The van der Waals surface area contributed by atoms with E-state index in [0.717, 1.165) is 32.7 Å². The molecule has 1 saturated heterocycles. The molecule has 46 heavy (non-hydrogen) atoms. The molecule has 8 nitrogen and oxygen atoms in total. The van der Waals surface area contributed by atoms with Gasteiger partial charge < -0.3 is 19.3 Å². The van der Waals surface area contributed by atoms with Crippen molar-refractivity contribution in [2.45, 2.75) is 32.7 Å². The maximum absolute atomic E-state index is 13.4. The van der Waals surface area contributed by atoms with Crippen LogP contribution >= 0.6 is 0 Å². The minimum Gasteiger partial charge on any atom is -0.478 e. The largest absolute Gasteiger partial charge is 0.478 e. The quantitative estimate of drug-likeness (QED) is 0.116. The van der Waals surface area contributed by atoms with Crippen molar-refractivity contribution in [3.05, 3.63) is 119 Å². The van der Waals surface area contributed by atoms with E-state index in [1.165, 1.54) is 0 Å². The molecule has 1 aliphatic heterocycles. The number of fused-ring (bicyclic) bond motifs is 4. The average molecular weight is 613 g/mol. The zero-order valence-corrected chi connectivity index (χ0v) is 24.8. The van der Waals surface area contributed by atoms with Crippen LogP contribution in [-0.4, -0.2) is 35.1 Å². The van der Waals surface area contributed by atoms with Crippen molar-refractivity contribution in [2.75, 3.05) is 0 Å². The van der Waals surface area contributed by atoms with Gasteiger partial charge in [-0.3, -0.25) is 9.59 Å². The molecule has 2 unspecified atom stereocenters. The molecule has 6 aromatic rings. The first-order valence-electron chi connectivity index (χ1n) is 14.9. The molecule has 1 heterocycles. The summed E-state index contributed by atoms with van der Waals surface area (Å²) in [5.41, 5.74) is 2.71. The summed E-state index contributed by atoms with van der Waals surface area (Å²) in [4.78, 5) is 51.4. The molecule has 0 radical (unpaired) electrons. The van der Waals surface area contributed by atoms with Crippen LogP contribution in [0.15, 0.2) is 97.1 Å². The van der Waals surface area contributed by atoms with E-state index in [1.807, 2.05) is 48.5 Å². The molecule has 228 valence electrons. The molecule has 0 saturated carbocycles. The molecule has 2 atom stereocenters. The van der Waals surface area contributed by atoms with Gasteiger partial charge >= 0.3 is 23.9 Å². The number of carboxylic acids is 1. The zero-order valence-electron chi connectivity index (χ0n) is 24.8. The zero-order chi connectivity index (χ0) is 31.9. The maximum Gasteiger partial charge on any atom is 0.348 e. The van der Waals surface area contributed by atoms with Gasteiger partial charge in [-0.2, -0.15) is 0 Å². The van der Waals surface area contributed by atoms with E-state index in [-0.39, 0.29) is 25.2 Å². The van der Waals surface area contributed by atoms with Gasteiger partial charge in [-0.1, -0.05) is 97.1 Å². The third-order valence-electron chi connectivity index (χ3n) is 8.83. The topological polar surface area (TPSA) is 116 Å². The number of hydrogen-bond acceptors (Lipinski definition) is 7. The second kappa shape index (κ2) is 11.6. The van der Waals surface area contributed by atoms with Crippen molar-refractivity contribution < 1.29 is 38.5 Å². The van der Waals surface area contributed by atoms with Gasteiger partial charge in [0.1, 0.15) is 19.1 Å². The number of rotatable bonds is 7. The van der Waals surface area contributed by atoms with Crippen LogP contribution in [0.4, 0.5) is 0 Å². The lowest BCUT2D eigenvalue weighted by molar-refractivity contribution is -0.168. The molecule has 7 rings (SSSR count). The third kappa shape index (κ3) is 4.88. The molecule has 8 heteroatoms. The van der Waals surface area contributed by atoms with Gasteiger partial charge in [0.25, 0.3) is 0 Å². The second-order valence-electron chi connectivity index (χ2n) is 11.4. The van der Waals surface area contributed by atoms with Crippen molar-refractivity contribution in [1.82, 2.24) is 0 Å². The van der Waals surface area contributed by atoms with Crippen molar-refractivity contribution in [2.24, 2.45) is 5.92 Å². The van der Waals surface area contributed by atoms with Gasteiger partial charge in [-0.25, -0.2) is 9.59 Å². The van der Waals surface area contributed by atoms with Crippen LogP contribution in [0.1, 0.15) is 33.5 Å². The Labute approximate surface area is 263 Å². The molecule has 0 aromatic heterocycles. The van der Waals surface area contributed by atoms with Crippen molar-refractivity contribution >= 4 is 67.0 Å². The first-order chi connectivity index (χ1) is 22.3. The molecular formula is C38H28O8. The Morgan fingerprint density at radius 3 is 1.50 bits per heavy atom. The van der Waals surface area contributed by atoms with Crippen LogP contribution in [0.2, 0.25) is 0 Å². The summed E-state index contributed by atoms with van der Waals surface area (Å²) in [6.07, 6.45) is -1.78. The Bertz CT molecular complexity index is 2120. The van der Waals surface area contributed by atoms with Crippen LogP contribution < -0.4 is 0 Å². The highest BCUT2D eigenvalue weighted by atomic mass is 16.6. The van der Waals surface area contributed by atoms with Gasteiger partial charge in [0.15, 0.2) is 0 Å². The monoisotopic (exact) mass is 612 g/mol. The highest BCUT2D eigenvalue weighted by molar-refractivity contribution is 6.17. The first kappa shape index (κ1) is 29.0. The number of carboxylic acid groups (broad SMARTS) is 1. The fraction of sp³-hybridized carbons (Fsp3) is 0.158. The van der Waals surface area contributed by atoms with E-state index in [0.29, 0.717) is 27.1 Å². The second-order valence-corrected chi connectivity index (χ2v) is 11.4. The van der Waals surface area contributed by atoms with Gasteiger partial charge in [0, 0.05) is 11.1 Å².